The normalized spacial score (nSPS) is 17.2. The number of halogens is 1. The summed E-state index contributed by atoms with van der Waals surface area (Å²) in [6.45, 7) is 1.83. The Morgan fingerprint density at radius 2 is 1.88 bits per heavy atom. The fraction of sp³-hybridized carbons (Fsp3) is 0.450. The minimum Gasteiger partial charge on any atom is -0.370 e. The summed E-state index contributed by atoms with van der Waals surface area (Å²) in [5, 5.41) is 2.85. The Labute approximate surface area is 151 Å². The van der Waals surface area contributed by atoms with E-state index in [1.165, 1.54) is 35.8 Å². The molecule has 1 aromatic heterocycles. The lowest BCUT2D eigenvalue weighted by molar-refractivity contribution is 0.103. The molecule has 1 aromatic carbocycles. The van der Waals surface area contributed by atoms with Crippen molar-refractivity contribution in [3.63, 3.8) is 0 Å². The first kappa shape index (κ1) is 16.6. The Morgan fingerprint density at radius 1 is 1.08 bits per heavy atom. The standard InChI is InChI=1S/C20H23FN2OS/c21-15-8-6-9-16(23-11-4-5-12-23)19(15)22-20(24)18-13-14-7-2-1-3-10-17(14)25-18/h6,8-9,13H,1-5,7,10-12H2,(H,22,24). The zero-order valence-corrected chi connectivity index (χ0v) is 15.1. The first-order chi connectivity index (χ1) is 12.2. The van der Waals surface area contributed by atoms with Gasteiger partial charge in [0.25, 0.3) is 5.91 Å². The number of anilines is 2. The molecule has 1 N–H and O–H groups in total. The molecule has 2 heterocycles. The number of carbonyl (C=O) groups excluding carboxylic acids is 1. The van der Waals surface area contributed by atoms with Gasteiger partial charge in [-0.3, -0.25) is 4.79 Å². The summed E-state index contributed by atoms with van der Waals surface area (Å²) in [6.07, 6.45) is 7.99. The van der Waals surface area contributed by atoms with Crippen LogP contribution in [0.5, 0.6) is 0 Å². The van der Waals surface area contributed by atoms with Crippen molar-refractivity contribution < 1.29 is 9.18 Å². The van der Waals surface area contributed by atoms with Gasteiger partial charge in [-0.25, -0.2) is 4.39 Å². The second kappa shape index (κ2) is 7.16. The van der Waals surface area contributed by atoms with Gasteiger partial charge in [-0.05, 0) is 62.3 Å². The van der Waals surface area contributed by atoms with Gasteiger partial charge < -0.3 is 10.2 Å². The van der Waals surface area contributed by atoms with Crippen LogP contribution >= 0.6 is 11.3 Å². The lowest BCUT2D eigenvalue weighted by Crippen LogP contribution is -2.21. The Hall–Kier alpha value is -1.88. The van der Waals surface area contributed by atoms with Gasteiger partial charge in [-0.2, -0.15) is 0 Å². The molecule has 0 bridgehead atoms. The van der Waals surface area contributed by atoms with E-state index in [0.717, 1.165) is 44.5 Å². The van der Waals surface area contributed by atoms with Crippen molar-refractivity contribution in [2.45, 2.75) is 44.9 Å². The number of benzene rings is 1. The number of nitrogens with one attached hydrogen (secondary N) is 1. The van der Waals surface area contributed by atoms with E-state index in [-0.39, 0.29) is 11.7 Å². The van der Waals surface area contributed by atoms with E-state index in [9.17, 15) is 9.18 Å². The summed E-state index contributed by atoms with van der Waals surface area (Å²) in [6, 6.07) is 7.04. The molecule has 1 aliphatic heterocycles. The van der Waals surface area contributed by atoms with Gasteiger partial charge in [0.05, 0.1) is 10.6 Å². The molecule has 1 saturated heterocycles. The third kappa shape index (κ3) is 3.43. The summed E-state index contributed by atoms with van der Waals surface area (Å²) in [5.41, 5.74) is 2.42. The van der Waals surface area contributed by atoms with Crippen molar-refractivity contribution in [3.8, 4) is 0 Å². The number of aryl methyl sites for hydroxylation is 2. The van der Waals surface area contributed by atoms with Crippen molar-refractivity contribution in [2.75, 3.05) is 23.3 Å². The zero-order chi connectivity index (χ0) is 17.2. The van der Waals surface area contributed by atoms with Crippen LogP contribution in [0.4, 0.5) is 15.8 Å². The van der Waals surface area contributed by atoms with Gasteiger partial charge in [0.2, 0.25) is 0 Å². The van der Waals surface area contributed by atoms with Crippen LogP contribution in [0.15, 0.2) is 24.3 Å². The van der Waals surface area contributed by atoms with E-state index in [1.54, 1.807) is 17.4 Å². The molecule has 25 heavy (non-hydrogen) atoms. The molecule has 3 nitrogen and oxygen atoms in total. The van der Waals surface area contributed by atoms with E-state index >= 15 is 0 Å². The number of rotatable bonds is 3. The van der Waals surface area contributed by atoms with Crippen molar-refractivity contribution >= 4 is 28.6 Å². The van der Waals surface area contributed by atoms with E-state index in [1.807, 2.05) is 12.1 Å². The fourth-order valence-electron chi connectivity index (χ4n) is 3.81. The summed E-state index contributed by atoms with van der Waals surface area (Å²) in [4.78, 5) is 16.9. The van der Waals surface area contributed by atoms with Crippen molar-refractivity contribution in [2.24, 2.45) is 0 Å². The van der Waals surface area contributed by atoms with Gasteiger partial charge >= 0.3 is 0 Å². The number of para-hydroxylation sites is 1. The molecule has 132 valence electrons. The van der Waals surface area contributed by atoms with E-state index in [4.69, 9.17) is 0 Å². The van der Waals surface area contributed by atoms with Gasteiger partial charge in [-0.1, -0.05) is 12.5 Å². The van der Waals surface area contributed by atoms with Crippen LogP contribution in [-0.2, 0) is 12.8 Å². The number of hydrogen-bond donors (Lipinski definition) is 1. The minimum atomic E-state index is -0.365. The number of nitrogens with zero attached hydrogens (tertiary/aromatic N) is 1. The lowest BCUT2D eigenvalue weighted by atomic mass is 10.1. The quantitative estimate of drug-likeness (QED) is 0.782. The number of thiophene rings is 1. The molecule has 2 aromatic rings. The average molecular weight is 358 g/mol. The fourth-order valence-corrected chi connectivity index (χ4v) is 4.96. The van der Waals surface area contributed by atoms with Gasteiger partial charge in [-0.15, -0.1) is 11.3 Å². The largest absolute Gasteiger partial charge is 0.370 e. The Balaban J connectivity index is 1.59. The third-order valence-electron chi connectivity index (χ3n) is 5.15. The summed E-state index contributed by atoms with van der Waals surface area (Å²) >= 11 is 1.57. The average Bonchev–Trinajstić information content (AvgIpc) is 3.23. The molecule has 1 aliphatic carbocycles. The molecular formula is C20H23FN2OS. The maximum atomic E-state index is 14.4. The topological polar surface area (TPSA) is 32.3 Å². The smallest absolute Gasteiger partial charge is 0.265 e. The third-order valence-corrected chi connectivity index (χ3v) is 6.38. The molecule has 0 atom stereocenters. The van der Waals surface area contributed by atoms with E-state index in [0.29, 0.717) is 10.6 Å². The van der Waals surface area contributed by atoms with Crippen LogP contribution in [0.25, 0.3) is 0 Å². The van der Waals surface area contributed by atoms with E-state index < -0.39 is 0 Å². The SMILES string of the molecule is O=C(Nc1c(F)cccc1N1CCCC1)c1cc2c(s1)CCCCC2. The van der Waals surface area contributed by atoms with Crippen LogP contribution in [0, 0.1) is 5.82 Å². The molecule has 0 radical (unpaired) electrons. The van der Waals surface area contributed by atoms with Gasteiger partial charge in [0, 0.05) is 18.0 Å². The first-order valence-electron chi connectivity index (χ1n) is 9.19. The maximum absolute atomic E-state index is 14.4. The highest BCUT2D eigenvalue weighted by molar-refractivity contribution is 7.14. The zero-order valence-electron chi connectivity index (χ0n) is 14.3. The molecule has 0 spiro atoms. The van der Waals surface area contributed by atoms with Gasteiger partial charge in [0.1, 0.15) is 11.5 Å². The molecule has 4 rings (SSSR count). The number of carbonyl (C=O) groups is 1. The van der Waals surface area contributed by atoms with Crippen LogP contribution < -0.4 is 10.2 Å². The van der Waals surface area contributed by atoms with Crippen LogP contribution in [0.1, 0.15) is 52.2 Å². The molecule has 1 amide bonds. The highest BCUT2D eigenvalue weighted by Crippen LogP contribution is 2.33. The van der Waals surface area contributed by atoms with Gasteiger partial charge in [0.15, 0.2) is 0 Å². The summed E-state index contributed by atoms with van der Waals surface area (Å²) in [7, 11) is 0. The Morgan fingerprint density at radius 3 is 2.72 bits per heavy atom. The molecular weight excluding hydrogens is 335 g/mol. The summed E-state index contributed by atoms with van der Waals surface area (Å²) in [5.74, 6) is -0.556. The number of hydrogen-bond acceptors (Lipinski definition) is 3. The molecule has 2 aliphatic rings. The number of amides is 1. The highest BCUT2D eigenvalue weighted by Gasteiger charge is 2.22. The first-order valence-corrected chi connectivity index (χ1v) is 10.0. The van der Waals surface area contributed by atoms with Crippen molar-refractivity contribution in [1.82, 2.24) is 0 Å². The van der Waals surface area contributed by atoms with Crippen LogP contribution in [0.2, 0.25) is 0 Å². The van der Waals surface area contributed by atoms with E-state index in [2.05, 4.69) is 10.2 Å². The summed E-state index contributed by atoms with van der Waals surface area (Å²) < 4.78 is 14.4. The Bertz CT molecular complexity index is 756. The van der Waals surface area contributed by atoms with Crippen molar-refractivity contribution in [3.05, 3.63) is 45.4 Å². The second-order valence-corrected chi connectivity index (χ2v) is 8.04. The molecule has 0 saturated carbocycles. The minimum absolute atomic E-state index is 0.191. The van der Waals surface area contributed by atoms with Crippen LogP contribution in [0.3, 0.4) is 0 Å². The highest BCUT2D eigenvalue weighted by atomic mass is 32.1. The molecule has 0 unspecified atom stereocenters. The predicted octanol–water partition coefficient (Wildman–Crippen LogP) is 5.01. The second-order valence-electron chi connectivity index (χ2n) is 6.90. The lowest BCUT2D eigenvalue weighted by Gasteiger charge is -2.21. The molecule has 5 heteroatoms. The maximum Gasteiger partial charge on any atom is 0.265 e. The van der Waals surface area contributed by atoms with Crippen molar-refractivity contribution in [1.29, 1.82) is 0 Å². The monoisotopic (exact) mass is 358 g/mol. The van der Waals surface area contributed by atoms with Crippen LogP contribution in [-0.4, -0.2) is 19.0 Å². The number of fused-ring (bicyclic) bond motifs is 1. The predicted molar refractivity (Wildman–Crippen MR) is 101 cm³/mol. The Kier molecular flexibility index (Phi) is 4.75. The molecule has 1 fully saturated rings.